The van der Waals surface area contributed by atoms with Crippen molar-refractivity contribution in [3.8, 4) is 0 Å². The van der Waals surface area contributed by atoms with Crippen LogP contribution < -0.4 is 0 Å². The summed E-state index contributed by atoms with van der Waals surface area (Å²) in [5.74, 6) is 2.45. The molecule has 2 unspecified atom stereocenters. The van der Waals surface area contributed by atoms with Gasteiger partial charge in [0.2, 0.25) is 0 Å². The van der Waals surface area contributed by atoms with Crippen molar-refractivity contribution in [1.82, 2.24) is 0 Å². The largest absolute Gasteiger partial charge is 0.364 e. The minimum atomic E-state index is 0.295. The van der Waals surface area contributed by atoms with Crippen LogP contribution in [0.2, 0.25) is 0 Å². The zero-order valence-corrected chi connectivity index (χ0v) is 8.66. The van der Waals surface area contributed by atoms with E-state index in [1.165, 1.54) is 24.3 Å². The van der Waals surface area contributed by atoms with Crippen molar-refractivity contribution in [2.45, 2.75) is 23.7 Å². The fourth-order valence-electron chi connectivity index (χ4n) is 1.33. The maximum Gasteiger partial charge on any atom is 0.138 e. The maximum absolute atomic E-state index is 5.63. The summed E-state index contributed by atoms with van der Waals surface area (Å²) in [7, 11) is 0. The van der Waals surface area contributed by atoms with Crippen LogP contribution in [0, 0.1) is 0 Å². The van der Waals surface area contributed by atoms with Crippen LogP contribution in [0.4, 0.5) is 0 Å². The fraction of sp³-hybridized carbons (Fsp3) is 1.00. The molecule has 70 valence electrons. The first-order chi connectivity index (χ1) is 5.97. The molecule has 0 spiro atoms. The van der Waals surface area contributed by atoms with Gasteiger partial charge in [0.05, 0.1) is 0 Å². The third kappa shape index (κ3) is 2.31. The van der Waals surface area contributed by atoms with E-state index in [-0.39, 0.29) is 0 Å². The van der Waals surface area contributed by atoms with Crippen molar-refractivity contribution in [1.29, 1.82) is 0 Å². The predicted molar refractivity (Wildman–Crippen MR) is 53.6 cm³/mol. The molecule has 2 heterocycles. The van der Waals surface area contributed by atoms with Gasteiger partial charge in [-0.05, 0) is 24.3 Å². The molecule has 0 aromatic carbocycles. The van der Waals surface area contributed by atoms with E-state index in [0.29, 0.717) is 10.9 Å². The summed E-state index contributed by atoms with van der Waals surface area (Å²) in [6.45, 7) is 1.83. The molecule has 0 radical (unpaired) electrons. The Morgan fingerprint density at radius 2 is 1.33 bits per heavy atom. The standard InChI is InChI=1S/C8H14O2S2/c1-3-9-7(11-5-1)8-10-4-2-6-12-8/h7-8H,1-6H2. The van der Waals surface area contributed by atoms with Gasteiger partial charge >= 0.3 is 0 Å². The van der Waals surface area contributed by atoms with Gasteiger partial charge in [-0.25, -0.2) is 0 Å². The van der Waals surface area contributed by atoms with Crippen molar-refractivity contribution in [2.75, 3.05) is 24.7 Å². The van der Waals surface area contributed by atoms with Crippen LogP contribution in [0.3, 0.4) is 0 Å². The van der Waals surface area contributed by atoms with Gasteiger partial charge in [0.15, 0.2) is 0 Å². The molecule has 2 aliphatic rings. The minimum absolute atomic E-state index is 0.295. The van der Waals surface area contributed by atoms with Gasteiger partial charge in [-0.3, -0.25) is 0 Å². The molecule has 2 nitrogen and oxygen atoms in total. The van der Waals surface area contributed by atoms with Crippen molar-refractivity contribution in [3.63, 3.8) is 0 Å². The number of thioether (sulfide) groups is 2. The van der Waals surface area contributed by atoms with Gasteiger partial charge in [0.25, 0.3) is 0 Å². The Balaban J connectivity index is 1.80. The highest BCUT2D eigenvalue weighted by Gasteiger charge is 2.27. The molecule has 0 amide bonds. The molecular weight excluding hydrogens is 192 g/mol. The quantitative estimate of drug-likeness (QED) is 0.652. The third-order valence-electron chi connectivity index (χ3n) is 1.93. The van der Waals surface area contributed by atoms with E-state index in [9.17, 15) is 0 Å². The summed E-state index contributed by atoms with van der Waals surface area (Å²) in [5, 5.41) is 0. The van der Waals surface area contributed by atoms with Crippen LogP contribution in [-0.4, -0.2) is 35.6 Å². The first-order valence-corrected chi connectivity index (χ1v) is 6.53. The normalized spacial score (nSPS) is 38.0. The molecular formula is C8H14O2S2. The molecule has 0 aliphatic carbocycles. The monoisotopic (exact) mass is 206 g/mol. The summed E-state index contributed by atoms with van der Waals surface area (Å²) < 4.78 is 11.3. The number of hydrogen-bond acceptors (Lipinski definition) is 4. The van der Waals surface area contributed by atoms with Crippen molar-refractivity contribution in [3.05, 3.63) is 0 Å². The molecule has 0 aromatic heterocycles. The topological polar surface area (TPSA) is 18.5 Å². The maximum atomic E-state index is 5.63. The zero-order valence-electron chi connectivity index (χ0n) is 7.03. The summed E-state index contributed by atoms with van der Waals surface area (Å²) in [6, 6.07) is 0. The van der Waals surface area contributed by atoms with Crippen LogP contribution in [0.25, 0.3) is 0 Å². The molecule has 2 saturated heterocycles. The molecule has 0 aromatic rings. The lowest BCUT2D eigenvalue weighted by atomic mass is 10.5. The summed E-state index contributed by atoms with van der Waals surface area (Å²) in [4.78, 5) is 0. The van der Waals surface area contributed by atoms with E-state index in [4.69, 9.17) is 9.47 Å². The van der Waals surface area contributed by atoms with Crippen LogP contribution in [0.15, 0.2) is 0 Å². The molecule has 0 bridgehead atoms. The van der Waals surface area contributed by atoms with Gasteiger partial charge in [-0.1, -0.05) is 0 Å². The van der Waals surface area contributed by atoms with Gasteiger partial charge in [-0.15, -0.1) is 23.5 Å². The lowest BCUT2D eigenvalue weighted by Crippen LogP contribution is -2.32. The lowest BCUT2D eigenvalue weighted by molar-refractivity contribution is 0.00384. The van der Waals surface area contributed by atoms with Crippen LogP contribution in [0.5, 0.6) is 0 Å². The lowest BCUT2D eigenvalue weighted by Gasteiger charge is -2.31. The first-order valence-electron chi connectivity index (χ1n) is 4.43. The van der Waals surface area contributed by atoms with Gasteiger partial charge < -0.3 is 9.47 Å². The molecule has 4 heteroatoms. The Kier molecular flexibility index (Phi) is 3.63. The molecule has 12 heavy (non-hydrogen) atoms. The molecule has 0 saturated carbocycles. The second-order valence-electron chi connectivity index (χ2n) is 2.93. The molecule has 2 rings (SSSR count). The summed E-state index contributed by atoms with van der Waals surface area (Å²) in [5.41, 5.74) is 0.591. The van der Waals surface area contributed by atoms with E-state index in [1.54, 1.807) is 0 Å². The average molecular weight is 206 g/mol. The van der Waals surface area contributed by atoms with Gasteiger partial charge in [0.1, 0.15) is 10.9 Å². The Morgan fingerprint density at radius 3 is 1.67 bits per heavy atom. The average Bonchev–Trinajstić information content (AvgIpc) is 2.21. The van der Waals surface area contributed by atoms with Gasteiger partial charge in [-0.2, -0.15) is 0 Å². The van der Waals surface area contributed by atoms with Gasteiger partial charge in [0, 0.05) is 13.2 Å². The highest BCUT2D eigenvalue weighted by atomic mass is 32.2. The van der Waals surface area contributed by atoms with Crippen LogP contribution >= 0.6 is 23.5 Å². The highest BCUT2D eigenvalue weighted by Crippen LogP contribution is 2.32. The van der Waals surface area contributed by atoms with Crippen molar-refractivity contribution < 1.29 is 9.47 Å². The first kappa shape index (κ1) is 9.19. The van der Waals surface area contributed by atoms with E-state index in [1.807, 2.05) is 23.5 Å². The van der Waals surface area contributed by atoms with E-state index >= 15 is 0 Å². The zero-order chi connectivity index (χ0) is 8.23. The van der Waals surface area contributed by atoms with Crippen molar-refractivity contribution >= 4 is 23.5 Å². The Labute approximate surface area is 81.8 Å². The molecule has 0 N–H and O–H groups in total. The number of rotatable bonds is 1. The fourth-order valence-corrected chi connectivity index (χ4v) is 3.69. The Hall–Kier alpha value is 0.620. The SMILES string of the molecule is C1COC(C2OCCCS2)SC1. The summed E-state index contributed by atoms with van der Waals surface area (Å²) >= 11 is 3.80. The Bertz CT molecular complexity index is 115. The van der Waals surface area contributed by atoms with E-state index in [2.05, 4.69) is 0 Å². The molecule has 2 atom stereocenters. The summed E-state index contributed by atoms with van der Waals surface area (Å²) in [6.07, 6.45) is 2.39. The second-order valence-corrected chi connectivity index (χ2v) is 5.34. The number of hydrogen-bond donors (Lipinski definition) is 0. The van der Waals surface area contributed by atoms with E-state index < -0.39 is 0 Å². The van der Waals surface area contributed by atoms with E-state index in [0.717, 1.165) is 13.2 Å². The third-order valence-corrected chi connectivity index (χ3v) is 4.57. The molecule has 2 fully saturated rings. The minimum Gasteiger partial charge on any atom is -0.364 e. The van der Waals surface area contributed by atoms with Crippen LogP contribution in [0.1, 0.15) is 12.8 Å². The Morgan fingerprint density at radius 1 is 0.833 bits per heavy atom. The number of ether oxygens (including phenoxy) is 2. The smallest absolute Gasteiger partial charge is 0.138 e. The highest BCUT2D eigenvalue weighted by molar-refractivity contribution is 8.03. The van der Waals surface area contributed by atoms with Crippen LogP contribution in [-0.2, 0) is 9.47 Å². The predicted octanol–water partition coefficient (Wildman–Crippen LogP) is 1.95. The van der Waals surface area contributed by atoms with Crippen molar-refractivity contribution in [2.24, 2.45) is 0 Å². The molecule has 2 aliphatic heterocycles. The second kappa shape index (κ2) is 4.74.